The van der Waals surface area contributed by atoms with Gasteiger partial charge in [0.25, 0.3) is 0 Å². The Morgan fingerprint density at radius 2 is 1.94 bits per heavy atom. The Morgan fingerprint density at radius 3 is 2.53 bits per heavy atom. The molecule has 5 nitrogen and oxygen atoms in total. The second-order valence-electron chi connectivity index (χ2n) is 3.15. The third kappa shape index (κ3) is 4.97. The molecule has 0 fully saturated rings. The van der Waals surface area contributed by atoms with Gasteiger partial charge < -0.3 is 10.4 Å². The first kappa shape index (κ1) is 13.7. The number of nitrogens with one attached hydrogen (secondary N) is 1. The molecule has 1 unspecified atom stereocenters. The first-order chi connectivity index (χ1) is 7.99. The van der Waals surface area contributed by atoms with E-state index < -0.39 is 28.4 Å². The number of carboxylic acid groups (broad SMARTS) is 1. The van der Waals surface area contributed by atoms with Gasteiger partial charge in [0.05, 0.1) is 10.7 Å². The topological polar surface area (TPSA) is 83.5 Å². The number of carboxylic acids is 1. The smallest absolute Gasteiger partial charge is 0.316 e. The minimum absolute atomic E-state index is 0.364. The van der Waals surface area contributed by atoms with Crippen LogP contribution in [0.2, 0.25) is 5.02 Å². The van der Waals surface area contributed by atoms with Crippen molar-refractivity contribution in [2.24, 2.45) is 0 Å². The molecule has 1 aromatic rings. The molecule has 0 bridgehead atoms. The zero-order valence-electron chi connectivity index (χ0n) is 8.68. The van der Waals surface area contributed by atoms with Crippen LogP contribution in [-0.2, 0) is 20.4 Å². The summed E-state index contributed by atoms with van der Waals surface area (Å²) in [4.78, 5) is 21.7. The molecule has 17 heavy (non-hydrogen) atoms. The van der Waals surface area contributed by atoms with Crippen LogP contribution in [0.1, 0.15) is 0 Å². The van der Waals surface area contributed by atoms with Gasteiger partial charge in [0, 0.05) is 10.8 Å². The fourth-order valence-corrected chi connectivity index (χ4v) is 2.01. The number of hydrogen-bond acceptors (Lipinski definition) is 3. The van der Waals surface area contributed by atoms with Crippen LogP contribution in [0.15, 0.2) is 24.3 Å². The van der Waals surface area contributed by atoms with E-state index in [9.17, 15) is 13.8 Å². The van der Waals surface area contributed by atoms with Crippen molar-refractivity contribution < 1.29 is 18.9 Å². The molecule has 0 aromatic heterocycles. The van der Waals surface area contributed by atoms with Crippen molar-refractivity contribution in [3.63, 3.8) is 0 Å². The van der Waals surface area contributed by atoms with Crippen molar-refractivity contribution in [1.29, 1.82) is 0 Å². The molecule has 1 aromatic carbocycles. The quantitative estimate of drug-likeness (QED) is 0.843. The fourth-order valence-electron chi connectivity index (χ4n) is 1.08. The lowest BCUT2D eigenvalue weighted by atomic mass is 10.3. The Labute approximate surface area is 105 Å². The molecule has 0 radical (unpaired) electrons. The number of hydrogen-bond donors (Lipinski definition) is 2. The van der Waals surface area contributed by atoms with E-state index in [1.165, 1.54) is 0 Å². The van der Waals surface area contributed by atoms with E-state index in [0.29, 0.717) is 10.7 Å². The van der Waals surface area contributed by atoms with Crippen molar-refractivity contribution in [2.75, 3.05) is 16.8 Å². The van der Waals surface area contributed by atoms with Gasteiger partial charge in [-0.25, -0.2) is 0 Å². The van der Waals surface area contributed by atoms with Gasteiger partial charge in [-0.15, -0.1) is 0 Å². The maximum atomic E-state index is 11.4. The Hall–Kier alpha value is -1.40. The highest BCUT2D eigenvalue weighted by Gasteiger charge is 2.12. The molecular formula is C10H10ClNO4S. The van der Waals surface area contributed by atoms with Crippen molar-refractivity contribution >= 4 is 40.0 Å². The highest BCUT2D eigenvalue weighted by molar-refractivity contribution is 7.86. The molecule has 0 heterocycles. The van der Waals surface area contributed by atoms with E-state index in [4.69, 9.17) is 16.7 Å². The minimum atomic E-state index is -1.72. The van der Waals surface area contributed by atoms with Gasteiger partial charge in [-0.3, -0.25) is 13.8 Å². The molecule has 0 aliphatic rings. The summed E-state index contributed by atoms with van der Waals surface area (Å²) in [6.45, 7) is 0. The number of aliphatic carboxylic acids is 1. The molecule has 1 rings (SSSR count). The summed E-state index contributed by atoms with van der Waals surface area (Å²) in [6, 6.07) is 6.60. The Balaban J connectivity index is 2.53. The number of amides is 1. The Bertz CT molecular complexity index is 463. The number of anilines is 1. The molecule has 1 amide bonds. The summed E-state index contributed by atoms with van der Waals surface area (Å²) < 4.78 is 11.2. The third-order valence-electron chi connectivity index (χ3n) is 1.72. The number of para-hydroxylation sites is 1. The molecule has 0 saturated carbocycles. The predicted molar refractivity (Wildman–Crippen MR) is 65.6 cm³/mol. The average molecular weight is 276 g/mol. The maximum absolute atomic E-state index is 11.4. The average Bonchev–Trinajstić information content (AvgIpc) is 2.19. The molecule has 0 aliphatic carbocycles. The second-order valence-corrected chi connectivity index (χ2v) is 5.01. The molecule has 7 heteroatoms. The monoisotopic (exact) mass is 275 g/mol. The Morgan fingerprint density at radius 1 is 1.29 bits per heavy atom. The van der Waals surface area contributed by atoms with Gasteiger partial charge in [0.1, 0.15) is 11.5 Å². The number of rotatable bonds is 5. The zero-order chi connectivity index (χ0) is 12.8. The predicted octanol–water partition coefficient (Wildman–Crippen LogP) is 1.11. The van der Waals surface area contributed by atoms with Crippen molar-refractivity contribution in [2.45, 2.75) is 0 Å². The minimum Gasteiger partial charge on any atom is -0.481 e. The molecule has 2 N–H and O–H groups in total. The number of halogens is 1. The van der Waals surface area contributed by atoms with E-state index >= 15 is 0 Å². The van der Waals surface area contributed by atoms with Gasteiger partial charge in [-0.2, -0.15) is 0 Å². The molecule has 92 valence electrons. The molecule has 0 spiro atoms. The first-order valence-corrected chi connectivity index (χ1v) is 6.47. The summed E-state index contributed by atoms with van der Waals surface area (Å²) in [7, 11) is -1.72. The molecule has 1 atom stereocenters. The highest BCUT2D eigenvalue weighted by atomic mass is 35.5. The summed E-state index contributed by atoms with van der Waals surface area (Å²) in [5.74, 6) is -2.64. The van der Waals surface area contributed by atoms with E-state index in [1.807, 2.05) is 0 Å². The maximum Gasteiger partial charge on any atom is 0.316 e. The third-order valence-corrected chi connectivity index (χ3v) is 3.21. The van der Waals surface area contributed by atoms with Gasteiger partial charge >= 0.3 is 5.97 Å². The van der Waals surface area contributed by atoms with E-state index in [0.717, 1.165) is 0 Å². The van der Waals surface area contributed by atoms with Gasteiger partial charge in [0.2, 0.25) is 5.91 Å². The van der Waals surface area contributed by atoms with Crippen LogP contribution in [-0.4, -0.2) is 32.7 Å². The normalized spacial score (nSPS) is 11.8. The van der Waals surface area contributed by atoms with Gasteiger partial charge in [0.15, 0.2) is 0 Å². The van der Waals surface area contributed by atoms with Crippen LogP contribution < -0.4 is 5.32 Å². The number of carbonyl (C=O) groups is 2. The largest absolute Gasteiger partial charge is 0.481 e. The van der Waals surface area contributed by atoms with E-state index in [1.54, 1.807) is 24.3 Å². The van der Waals surface area contributed by atoms with Crippen molar-refractivity contribution in [1.82, 2.24) is 0 Å². The van der Waals surface area contributed by atoms with E-state index in [-0.39, 0.29) is 5.75 Å². The lowest BCUT2D eigenvalue weighted by Crippen LogP contribution is -2.23. The van der Waals surface area contributed by atoms with Crippen LogP contribution in [0, 0.1) is 0 Å². The number of benzene rings is 1. The van der Waals surface area contributed by atoms with Crippen LogP contribution in [0.3, 0.4) is 0 Å². The van der Waals surface area contributed by atoms with E-state index in [2.05, 4.69) is 5.32 Å². The summed E-state index contributed by atoms with van der Waals surface area (Å²) >= 11 is 5.80. The van der Waals surface area contributed by atoms with Crippen LogP contribution >= 0.6 is 11.6 Å². The van der Waals surface area contributed by atoms with Crippen molar-refractivity contribution in [3.8, 4) is 0 Å². The molecular weight excluding hydrogens is 266 g/mol. The van der Waals surface area contributed by atoms with Crippen LogP contribution in [0.25, 0.3) is 0 Å². The van der Waals surface area contributed by atoms with Crippen molar-refractivity contribution in [3.05, 3.63) is 29.3 Å². The summed E-state index contributed by atoms with van der Waals surface area (Å²) in [6.07, 6.45) is 0. The lowest BCUT2D eigenvalue weighted by Gasteiger charge is -2.05. The molecule has 0 aliphatic heterocycles. The highest BCUT2D eigenvalue weighted by Crippen LogP contribution is 2.20. The SMILES string of the molecule is O=C(O)CS(=O)CC(=O)Nc1ccccc1Cl. The lowest BCUT2D eigenvalue weighted by molar-refractivity contribution is -0.133. The second kappa shape index (κ2) is 6.36. The number of carbonyl (C=O) groups excluding carboxylic acids is 1. The first-order valence-electron chi connectivity index (χ1n) is 4.60. The fraction of sp³-hybridized carbons (Fsp3) is 0.200. The van der Waals surface area contributed by atoms with Gasteiger partial charge in [-0.05, 0) is 12.1 Å². The summed E-state index contributed by atoms with van der Waals surface area (Å²) in [5.41, 5.74) is 0.409. The summed E-state index contributed by atoms with van der Waals surface area (Å²) in [5, 5.41) is 11.2. The standard InChI is InChI=1S/C10H10ClNO4S/c11-7-3-1-2-4-8(7)12-9(13)5-17(16)6-10(14)15/h1-4H,5-6H2,(H,12,13)(H,14,15). The zero-order valence-corrected chi connectivity index (χ0v) is 10.3. The molecule has 0 saturated heterocycles. The Kier molecular flexibility index (Phi) is 5.11. The van der Waals surface area contributed by atoms with Crippen LogP contribution in [0.4, 0.5) is 5.69 Å². The van der Waals surface area contributed by atoms with Gasteiger partial charge in [-0.1, -0.05) is 23.7 Å². The van der Waals surface area contributed by atoms with Crippen LogP contribution in [0.5, 0.6) is 0 Å².